The van der Waals surface area contributed by atoms with Gasteiger partial charge in [0.05, 0.1) is 19.4 Å². The molecule has 1 aromatic carbocycles. The molecule has 0 fully saturated rings. The summed E-state index contributed by atoms with van der Waals surface area (Å²) in [4.78, 5) is 22.4. The first-order valence-electron chi connectivity index (χ1n) is 5.54. The second-order valence-corrected chi connectivity index (χ2v) is 4.72. The van der Waals surface area contributed by atoms with Crippen LogP contribution in [0.1, 0.15) is 0 Å². The van der Waals surface area contributed by atoms with Crippen molar-refractivity contribution in [1.29, 1.82) is 0 Å². The molecule has 0 aliphatic carbocycles. The molecule has 1 amide bonds. The van der Waals surface area contributed by atoms with Gasteiger partial charge in [-0.1, -0.05) is 0 Å². The first-order valence-corrected chi connectivity index (χ1v) is 6.53. The third kappa shape index (κ3) is 5.14. The van der Waals surface area contributed by atoms with Gasteiger partial charge in [0.15, 0.2) is 6.10 Å². The Hall–Kier alpha value is -1.67. The van der Waals surface area contributed by atoms with E-state index in [4.69, 9.17) is 0 Å². The zero-order valence-electron chi connectivity index (χ0n) is 10.6. The highest BCUT2D eigenvalue weighted by Gasteiger charge is 2.16. The Morgan fingerprint density at radius 2 is 2.15 bits per heavy atom. The van der Waals surface area contributed by atoms with E-state index in [0.717, 1.165) is 31.0 Å². The molecule has 1 aromatic rings. The molecule has 5 nitrogen and oxygen atoms in total. The van der Waals surface area contributed by atoms with Crippen LogP contribution in [-0.4, -0.2) is 42.5 Å². The number of ether oxygens (including phenoxy) is 1. The highest BCUT2D eigenvalue weighted by Crippen LogP contribution is 2.21. The Morgan fingerprint density at radius 3 is 2.75 bits per heavy atom. The molecule has 1 atom stereocenters. The number of thioether (sulfide) groups is 1. The van der Waals surface area contributed by atoms with Crippen LogP contribution in [0.3, 0.4) is 0 Å². The van der Waals surface area contributed by atoms with Crippen LogP contribution in [0.5, 0.6) is 0 Å². The molecule has 20 heavy (non-hydrogen) atoms. The molecule has 0 aliphatic heterocycles. The van der Waals surface area contributed by atoms with Crippen LogP contribution in [0.2, 0.25) is 0 Å². The van der Waals surface area contributed by atoms with E-state index >= 15 is 0 Å². The summed E-state index contributed by atoms with van der Waals surface area (Å²) in [5.41, 5.74) is 0. The molecule has 0 spiro atoms. The minimum absolute atomic E-state index is 0.129. The summed E-state index contributed by atoms with van der Waals surface area (Å²) in [5.74, 6) is -2.93. The van der Waals surface area contributed by atoms with Crippen molar-refractivity contribution in [3.05, 3.63) is 29.8 Å². The second-order valence-electron chi connectivity index (χ2n) is 3.71. The smallest absolute Gasteiger partial charge is 0.336 e. The van der Waals surface area contributed by atoms with Crippen molar-refractivity contribution in [2.75, 3.05) is 19.4 Å². The van der Waals surface area contributed by atoms with Crippen molar-refractivity contribution < 1.29 is 28.2 Å². The minimum Gasteiger partial charge on any atom is -0.467 e. The number of carbonyl (C=O) groups is 2. The fourth-order valence-electron chi connectivity index (χ4n) is 1.22. The number of amides is 1. The fraction of sp³-hybridized carbons (Fsp3) is 0.333. The van der Waals surface area contributed by atoms with E-state index in [9.17, 15) is 23.5 Å². The van der Waals surface area contributed by atoms with Crippen LogP contribution in [0.4, 0.5) is 8.78 Å². The van der Waals surface area contributed by atoms with E-state index in [1.165, 1.54) is 6.07 Å². The Labute approximate surface area is 118 Å². The van der Waals surface area contributed by atoms with Gasteiger partial charge in [0.25, 0.3) is 0 Å². The molecule has 110 valence electrons. The maximum atomic E-state index is 13.3. The fourth-order valence-corrected chi connectivity index (χ4v) is 1.97. The Morgan fingerprint density at radius 1 is 1.45 bits per heavy atom. The molecule has 0 bridgehead atoms. The summed E-state index contributed by atoms with van der Waals surface area (Å²) >= 11 is 0.878. The average molecular weight is 305 g/mol. The van der Waals surface area contributed by atoms with Crippen LogP contribution in [0, 0.1) is 11.6 Å². The first-order chi connectivity index (χ1) is 9.43. The van der Waals surface area contributed by atoms with E-state index in [2.05, 4.69) is 10.1 Å². The standard InChI is InChI=1S/C12H13F2NO4S/c1-19-12(18)9(16)5-15-11(17)6-20-10-3-2-7(13)4-8(10)14/h2-4,9,16H,5-6H2,1H3,(H,15,17). The SMILES string of the molecule is COC(=O)C(O)CNC(=O)CSc1ccc(F)cc1F. The lowest BCUT2D eigenvalue weighted by Gasteiger charge is -2.09. The number of aliphatic hydroxyl groups is 1. The molecule has 0 heterocycles. The lowest BCUT2D eigenvalue weighted by molar-refractivity contribution is -0.150. The molecule has 0 saturated carbocycles. The van der Waals surface area contributed by atoms with Gasteiger partial charge in [-0.3, -0.25) is 4.79 Å². The van der Waals surface area contributed by atoms with E-state index < -0.39 is 29.6 Å². The van der Waals surface area contributed by atoms with E-state index in [1.807, 2.05) is 0 Å². The molecule has 2 N–H and O–H groups in total. The number of aliphatic hydroxyl groups excluding tert-OH is 1. The predicted octanol–water partition coefficient (Wildman–Crippen LogP) is 0.707. The van der Waals surface area contributed by atoms with Gasteiger partial charge < -0.3 is 15.2 Å². The van der Waals surface area contributed by atoms with Gasteiger partial charge in [0.1, 0.15) is 11.6 Å². The van der Waals surface area contributed by atoms with Gasteiger partial charge in [-0.2, -0.15) is 0 Å². The van der Waals surface area contributed by atoms with Crippen LogP contribution in [-0.2, 0) is 14.3 Å². The van der Waals surface area contributed by atoms with Crippen LogP contribution >= 0.6 is 11.8 Å². The maximum absolute atomic E-state index is 13.3. The van der Waals surface area contributed by atoms with Crippen molar-refractivity contribution in [3.63, 3.8) is 0 Å². The summed E-state index contributed by atoms with van der Waals surface area (Å²) < 4.78 is 30.2. The molecule has 0 aromatic heterocycles. The summed E-state index contributed by atoms with van der Waals surface area (Å²) in [5, 5.41) is 11.5. The van der Waals surface area contributed by atoms with Crippen molar-refractivity contribution in [2.24, 2.45) is 0 Å². The Bertz CT molecular complexity index is 498. The topological polar surface area (TPSA) is 75.6 Å². The zero-order chi connectivity index (χ0) is 15.1. The monoisotopic (exact) mass is 305 g/mol. The van der Waals surface area contributed by atoms with Gasteiger partial charge in [-0.25, -0.2) is 13.6 Å². The molecule has 1 rings (SSSR count). The number of rotatable bonds is 6. The summed E-state index contributed by atoms with van der Waals surface area (Å²) in [7, 11) is 1.11. The number of halogens is 2. The lowest BCUT2D eigenvalue weighted by atomic mass is 10.3. The van der Waals surface area contributed by atoms with Crippen molar-refractivity contribution in [3.8, 4) is 0 Å². The van der Waals surface area contributed by atoms with Crippen LogP contribution in [0.15, 0.2) is 23.1 Å². The van der Waals surface area contributed by atoms with Gasteiger partial charge in [0, 0.05) is 11.0 Å². The molecule has 1 unspecified atom stereocenters. The summed E-state index contributed by atoms with van der Waals surface area (Å²) in [6.45, 7) is -0.294. The quantitative estimate of drug-likeness (QED) is 0.598. The average Bonchev–Trinajstić information content (AvgIpc) is 2.42. The van der Waals surface area contributed by atoms with Crippen molar-refractivity contribution in [2.45, 2.75) is 11.0 Å². The third-order valence-electron chi connectivity index (χ3n) is 2.22. The molecular weight excluding hydrogens is 292 g/mol. The first kappa shape index (κ1) is 16.4. The Balaban J connectivity index is 2.38. The number of benzene rings is 1. The number of hydrogen-bond acceptors (Lipinski definition) is 5. The molecule has 8 heteroatoms. The number of nitrogens with one attached hydrogen (secondary N) is 1. The lowest BCUT2D eigenvalue weighted by Crippen LogP contribution is -2.37. The van der Waals surface area contributed by atoms with Gasteiger partial charge >= 0.3 is 5.97 Å². The zero-order valence-corrected chi connectivity index (χ0v) is 11.4. The predicted molar refractivity (Wildman–Crippen MR) is 68.1 cm³/mol. The molecule has 0 radical (unpaired) electrons. The maximum Gasteiger partial charge on any atom is 0.336 e. The van der Waals surface area contributed by atoms with Gasteiger partial charge in [-0.15, -0.1) is 11.8 Å². The number of carbonyl (C=O) groups excluding carboxylic acids is 2. The van der Waals surface area contributed by atoms with Gasteiger partial charge in [-0.05, 0) is 12.1 Å². The third-order valence-corrected chi connectivity index (χ3v) is 3.27. The van der Waals surface area contributed by atoms with E-state index in [-0.39, 0.29) is 17.2 Å². The minimum atomic E-state index is -1.45. The molecular formula is C12H13F2NO4S. The second kappa shape index (κ2) is 7.81. The Kier molecular flexibility index (Phi) is 6.40. The molecule has 0 saturated heterocycles. The number of hydrogen-bond donors (Lipinski definition) is 2. The van der Waals surface area contributed by atoms with Crippen molar-refractivity contribution in [1.82, 2.24) is 5.32 Å². The number of methoxy groups -OCH3 is 1. The highest BCUT2D eigenvalue weighted by molar-refractivity contribution is 8.00. The molecule has 0 aliphatic rings. The summed E-state index contributed by atoms with van der Waals surface area (Å²) in [6, 6.07) is 3.04. The van der Waals surface area contributed by atoms with Crippen molar-refractivity contribution >= 4 is 23.6 Å². The highest BCUT2D eigenvalue weighted by atomic mass is 32.2. The van der Waals surface area contributed by atoms with Crippen LogP contribution < -0.4 is 5.32 Å². The van der Waals surface area contributed by atoms with Gasteiger partial charge in [0.2, 0.25) is 5.91 Å². The van der Waals surface area contributed by atoms with Crippen LogP contribution in [0.25, 0.3) is 0 Å². The normalized spacial score (nSPS) is 11.8. The largest absolute Gasteiger partial charge is 0.467 e. The van der Waals surface area contributed by atoms with E-state index in [1.54, 1.807) is 0 Å². The van der Waals surface area contributed by atoms with E-state index in [0.29, 0.717) is 0 Å². The number of esters is 1. The summed E-state index contributed by atoms with van der Waals surface area (Å²) in [6.07, 6.45) is -1.45.